The minimum Gasteiger partial charge on any atom is -0.497 e. The summed E-state index contributed by atoms with van der Waals surface area (Å²) in [6.45, 7) is 1.34. The van der Waals surface area contributed by atoms with Crippen molar-refractivity contribution in [2.45, 2.75) is 31.8 Å². The molecule has 6 heteroatoms. The SMILES string of the molecule is COCCCNC(=O)[C@@H](c1ccccc1)N(Cc1ccc(OC)cc1)C(=O)CCc1ccccc1. The average Bonchev–Trinajstić information content (AvgIpc) is 2.91. The van der Waals surface area contributed by atoms with E-state index in [0.29, 0.717) is 39.0 Å². The minimum absolute atomic E-state index is 0.0782. The molecule has 0 bridgehead atoms. The van der Waals surface area contributed by atoms with Gasteiger partial charge in [-0.15, -0.1) is 0 Å². The number of nitrogens with one attached hydrogen (secondary N) is 1. The molecule has 1 atom stereocenters. The molecule has 0 saturated carbocycles. The van der Waals surface area contributed by atoms with Crippen LogP contribution in [-0.2, 0) is 27.3 Å². The minimum atomic E-state index is -0.746. The number of benzene rings is 3. The third-order valence-electron chi connectivity index (χ3n) is 5.80. The van der Waals surface area contributed by atoms with Crippen LogP contribution >= 0.6 is 0 Å². The predicted octanol–water partition coefficient (Wildman–Crippen LogP) is 4.55. The number of hydrogen-bond donors (Lipinski definition) is 1. The third-order valence-corrected chi connectivity index (χ3v) is 5.80. The van der Waals surface area contributed by atoms with Crippen molar-refractivity contribution in [2.24, 2.45) is 0 Å². The molecule has 0 radical (unpaired) electrons. The standard InChI is InChI=1S/C29H34N2O4/c1-34-21-9-20-30-29(33)28(25-12-7-4-8-13-25)31(22-24-14-17-26(35-2)18-15-24)27(32)19-16-23-10-5-3-6-11-23/h3-8,10-15,17-18,28H,9,16,19-22H2,1-2H3,(H,30,33)/t28-/m1/s1. The normalized spacial score (nSPS) is 11.5. The Hall–Kier alpha value is -3.64. The monoisotopic (exact) mass is 474 g/mol. The molecule has 3 aromatic carbocycles. The summed E-state index contributed by atoms with van der Waals surface area (Å²) in [4.78, 5) is 28.8. The molecular formula is C29H34N2O4. The van der Waals surface area contributed by atoms with Gasteiger partial charge in [0, 0.05) is 33.2 Å². The highest BCUT2D eigenvalue weighted by molar-refractivity contribution is 5.88. The largest absolute Gasteiger partial charge is 0.497 e. The highest BCUT2D eigenvalue weighted by Gasteiger charge is 2.31. The van der Waals surface area contributed by atoms with Crippen molar-refractivity contribution in [1.82, 2.24) is 10.2 Å². The van der Waals surface area contributed by atoms with E-state index in [1.807, 2.05) is 84.9 Å². The first-order chi connectivity index (χ1) is 17.1. The lowest BCUT2D eigenvalue weighted by atomic mass is 10.0. The van der Waals surface area contributed by atoms with Crippen LogP contribution in [0, 0.1) is 0 Å². The van der Waals surface area contributed by atoms with Gasteiger partial charge in [-0.05, 0) is 41.7 Å². The van der Waals surface area contributed by atoms with Gasteiger partial charge in [0.25, 0.3) is 0 Å². The zero-order valence-electron chi connectivity index (χ0n) is 20.5. The Kier molecular flexibility index (Phi) is 10.3. The lowest BCUT2D eigenvalue weighted by Crippen LogP contribution is -2.43. The van der Waals surface area contributed by atoms with Crippen LogP contribution in [0.5, 0.6) is 5.75 Å². The van der Waals surface area contributed by atoms with E-state index >= 15 is 0 Å². The van der Waals surface area contributed by atoms with Crippen LogP contribution in [0.2, 0.25) is 0 Å². The highest BCUT2D eigenvalue weighted by atomic mass is 16.5. The number of carbonyl (C=O) groups is 2. The van der Waals surface area contributed by atoms with Crippen molar-refractivity contribution in [1.29, 1.82) is 0 Å². The Morgan fingerprint density at radius 1 is 0.857 bits per heavy atom. The summed E-state index contributed by atoms with van der Waals surface area (Å²) in [6.07, 6.45) is 1.61. The molecule has 0 aliphatic carbocycles. The predicted molar refractivity (Wildman–Crippen MR) is 137 cm³/mol. The fraction of sp³-hybridized carbons (Fsp3) is 0.310. The number of rotatable bonds is 13. The summed E-state index contributed by atoms with van der Waals surface area (Å²) in [5.74, 6) is 0.464. The van der Waals surface area contributed by atoms with Crippen molar-refractivity contribution >= 4 is 11.8 Å². The molecule has 0 aliphatic heterocycles. The molecule has 0 aromatic heterocycles. The summed E-state index contributed by atoms with van der Waals surface area (Å²) in [5, 5.41) is 3.00. The second-order valence-corrected chi connectivity index (χ2v) is 8.31. The van der Waals surface area contributed by atoms with Crippen LogP contribution in [0.15, 0.2) is 84.9 Å². The van der Waals surface area contributed by atoms with Crippen molar-refractivity contribution in [3.05, 3.63) is 102 Å². The van der Waals surface area contributed by atoms with E-state index < -0.39 is 6.04 Å². The molecule has 0 saturated heterocycles. The van der Waals surface area contributed by atoms with E-state index in [4.69, 9.17) is 9.47 Å². The first-order valence-electron chi connectivity index (χ1n) is 11.9. The van der Waals surface area contributed by atoms with Gasteiger partial charge in [0.2, 0.25) is 11.8 Å². The van der Waals surface area contributed by atoms with Gasteiger partial charge in [0.05, 0.1) is 7.11 Å². The lowest BCUT2D eigenvalue weighted by molar-refractivity contribution is -0.141. The van der Waals surface area contributed by atoms with Gasteiger partial charge in [-0.1, -0.05) is 72.8 Å². The lowest BCUT2D eigenvalue weighted by Gasteiger charge is -2.32. The number of methoxy groups -OCH3 is 2. The van der Waals surface area contributed by atoms with Gasteiger partial charge in [-0.25, -0.2) is 0 Å². The topological polar surface area (TPSA) is 67.9 Å². The number of amides is 2. The number of carbonyl (C=O) groups excluding carboxylic acids is 2. The van der Waals surface area contributed by atoms with Crippen molar-refractivity contribution < 1.29 is 19.1 Å². The maximum atomic E-state index is 13.6. The zero-order chi connectivity index (χ0) is 24.9. The first kappa shape index (κ1) is 26.0. The van der Waals surface area contributed by atoms with E-state index in [-0.39, 0.29) is 11.8 Å². The molecule has 3 aromatic rings. The maximum absolute atomic E-state index is 13.6. The maximum Gasteiger partial charge on any atom is 0.247 e. The van der Waals surface area contributed by atoms with E-state index in [1.54, 1.807) is 19.1 Å². The fourth-order valence-electron chi connectivity index (χ4n) is 3.92. The van der Waals surface area contributed by atoms with Crippen molar-refractivity contribution in [3.63, 3.8) is 0 Å². The van der Waals surface area contributed by atoms with Gasteiger partial charge < -0.3 is 19.7 Å². The van der Waals surface area contributed by atoms with Crippen LogP contribution in [0.1, 0.15) is 35.6 Å². The fourth-order valence-corrected chi connectivity index (χ4v) is 3.92. The molecule has 0 heterocycles. The van der Waals surface area contributed by atoms with E-state index in [0.717, 1.165) is 22.4 Å². The first-order valence-corrected chi connectivity index (χ1v) is 11.9. The van der Waals surface area contributed by atoms with Gasteiger partial charge in [0.15, 0.2) is 0 Å². The molecular weight excluding hydrogens is 440 g/mol. The number of hydrogen-bond acceptors (Lipinski definition) is 4. The third kappa shape index (κ3) is 7.97. The summed E-state index contributed by atoms with van der Waals surface area (Å²) in [7, 11) is 3.25. The highest BCUT2D eigenvalue weighted by Crippen LogP contribution is 2.26. The zero-order valence-corrected chi connectivity index (χ0v) is 20.5. The number of ether oxygens (including phenoxy) is 2. The Balaban J connectivity index is 1.88. The Bertz CT molecular complexity index is 1040. The molecule has 1 N–H and O–H groups in total. The number of nitrogens with zero attached hydrogens (tertiary/aromatic N) is 1. The molecule has 0 fully saturated rings. The second kappa shape index (κ2) is 13.9. The molecule has 0 aliphatic rings. The smallest absolute Gasteiger partial charge is 0.247 e. The van der Waals surface area contributed by atoms with Crippen LogP contribution in [-0.4, -0.2) is 44.1 Å². The van der Waals surface area contributed by atoms with Gasteiger partial charge in [-0.2, -0.15) is 0 Å². The molecule has 3 rings (SSSR count). The Morgan fingerprint density at radius 3 is 2.14 bits per heavy atom. The van der Waals surface area contributed by atoms with Crippen LogP contribution in [0.25, 0.3) is 0 Å². The molecule has 0 unspecified atom stereocenters. The van der Waals surface area contributed by atoms with Crippen LogP contribution in [0.3, 0.4) is 0 Å². The average molecular weight is 475 g/mol. The van der Waals surface area contributed by atoms with E-state index in [9.17, 15) is 9.59 Å². The van der Waals surface area contributed by atoms with E-state index in [1.165, 1.54) is 0 Å². The van der Waals surface area contributed by atoms with Gasteiger partial charge >= 0.3 is 0 Å². The number of aryl methyl sites for hydroxylation is 1. The van der Waals surface area contributed by atoms with Crippen LogP contribution < -0.4 is 10.1 Å². The summed E-state index contributed by atoms with van der Waals surface area (Å²) in [6, 6.07) is 26.2. The quantitative estimate of drug-likeness (QED) is 0.369. The Morgan fingerprint density at radius 2 is 1.51 bits per heavy atom. The van der Waals surface area contributed by atoms with Gasteiger partial charge in [0.1, 0.15) is 11.8 Å². The molecule has 0 spiro atoms. The molecule has 2 amide bonds. The Labute approximate surface area is 207 Å². The van der Waals surface area contributed by atoms with Crippen molar-refractivity contribution in [2.75, 3.05) is 27.4 Å². The summed E-state index contributed by atoms with van der Waals surface area (Å²) < 4.78 is 10.4. The second-order valence-electron chi connectivity index (χ2n) is 8.31. The van der Waals surface area contributed by atoms with Crippen LogP contribution in [0.4, 0.5) is 0 Å². The van der Waals surface area contributed by atoms with Gasteiger partial charge in [-0.3, -0.25) is 9.59 Å². The molecule has 184 valence electrons. The summed E-state index contributed by atoms with van der Waals surface area (Å²) >= 11 is 0. The molecule has 6 nitrogen and oxygen atoms in total. The summed E-state index contributed by atoms with van der Waals surface area (Å²) in [5.41, 5.74) is 2.79. The van der Waals surface area contributed by atoms with E-state index in [2.05, 4.69) is 5.32 Å². The van der Waals surface area contributed by atoms with Crippen molar-refractivity contribution in [3.8, 4) is 5.75 Å². The molecule has 35 heavy (non-hydrogen) atoms.